The monoisotopic (exact) mass is 453 g/mol. The second kappa shape index (κ2) is 9.79. The molecule has 0 fully saturated rings. The molecule has 1 N–H and O–H groups in total. The minimum Gasteiger partial charge on any atom is -0.482 e. The van der Waals surface area contributed by atoms with Gasteiger partial charge >= 0.3 is 5.97 Å². The van der Waals surface area contributed by atoms with Crippen LogP contribution in [0.15, 0.2) is 90.6 Å². The van der Waals surface area contributed by atoms with Gasteiger partial charge in [-0.25, -0.2) is 4.79 Å². The molecule has 0 radical (unpaired) electrons. The lowest BCUT2D eigenvalue weighted by Gasteiger charge is -2.19. The number of carbonyl (C=O) groups is 2. The Hall–Kier alpha value is -4.12. The highest BCUT2D eigenvalue weighted by Crippen LogP contribution is 2.37. The fourth-order valence-electron chi connectivity index (χ4n) is 3.73. The second-order valence-corrected chi connectivity index (χ2v) is 8.94. The molecule has 0 bridgehead atoms. The summed E-state index contributed by atoms with van der Waals surface area (Å²) in [5.41, 5.74) is 4.42. The molecule has 4 rings (SSSR count). The Labute approximate surface area is 199 Å². The van der Waals surface area contributed by atoms with Crippen molar-refractivity contribution in [3.63, 3.8) is 0 Å². The van der Waals surface area contributed by atoms with Crippen molar-refractivity contribution < 1.29 is 19.1 Å². The maximum absolute atomic E-state index is 13.0. The molecule has 1 aliphatic rings. The average molecular weight is 454 g/mol. The van der Waals surface area contributed by atoms with Crippen LogP contribution < -0.4 is 10.1 Å². The van der Waals surface area contributed by atoms with Gasteiger partial charge in [0, 0.05) is 5.57 Å². The highest BCUT2D eigenvalue weighted by atomic mass is 16.6. The van der Waals surface area contributed by atoms with Gasteiger partial charge in [-0.15, -0.1) is 0 Å². The quantitative estimate of drug-likeness (QED) is 0.502. The first-order valence-corrected chi connectivity index (χ1v) is 11.1. The van der Waals surface area contributed by atoms with E-state index in [-0.39, 0.29) is 12.5 Å². The Morgan fingerprint density at radius 3 is 1.94 bits per heavy atom. The van der Waals surface area contributed by atoms with Crippen molar-refractivity contribution in [3.8, 4) is 5.75 Å². The van der Waals surface area contributed by atoms with Gasteiger partial charge in [-0.3, -0.25) is 4.79 Å². The summed E-state index contributed by atoms with van der Waals surface area (Å²) in [6, 6.07) is 26.9. The largest absolute Gasteiger partial charge is 0.482 e. The van der Waals surface area contributed by atoms with E-state index in [1.165, 1.54) is 0 Å². The molecule has 34 heavy (non-hydrogen) atoms. The molecule has 0 aromatic heterocycles. The van der Waals surface area contributed by atoms with Crippen molar-refractivity contribution in [2.75, 3.05) is 6.61 Å². The van der Waals surface area contributed by atoms with E-state index in [4.69, 9.17) is 9.47 Å². The molecule has 0 saturated carbocycles. The van der Waals surface area contributed by atoms with Crippen LogP contribution >= 0.6 is 0 Å². The van der Waals surface area contributed by atoms with E-state index >= 15 is 0 Å². The SMILES string of the molecule is CC(C)(C)OC(=O)COc1ccc(/C=C2\NC(=O)C(c3ccccc3)=C2c2ccccc2)cc1. The van der Waals surface area contributed by atoms with Crippen LogP contribution in [0.2, 0.25) is 0 Å². The van der Waals surface area contributed by atoms with E-state index in [1.54, 1.807) is 12.1 Å². The number of hydrogen-bond acceptors (Lipinski definition) is 4. The van der Waals surface area contributed by atoms with E-state index in [0.717, 1.165) is 28.0 Å². The zero-order chi connectivity index (χ0) is 24.1. The van der Waals surface area contributed by atoms with Gasteiger partial charge in [-0.05, 0) is 55.7 Å². The minimum atomic E-state index is -0.551. The molecule has 0 aliphatic carbocycles. The van der Waals surface area contributed by atoms with Crippen molar-refractivity contribution in [1.82, 2.24) is 5.32 Å². The predicted molar refractivity (Wildman–Crippen MR) is 134 cm³/mol. The lowest BCUT2D eigenvalue weighted by Crippen LogP contribution is -2.27. The fourth-order valence-corrected chi connectivity index (χ4v) is 3.73. The normalized spacial score (nSPS) is 14.8. The lowest BCUT2D eigenvalue weighted by atomic mass is 9.94. The molecule has 5 heteroatoms. The number of nitrogens with one attached hydrogen (secondary N) is 1. The molecule has 0 unspecified atom stereocenters. The van der Waals surface area contributed by atoms with E-state index in [1.807, 2.05) is 99.6 Å². The third kappa shape index (κ3) is 5.62. The second-order valence-electron chi connectivity index (χ2n) is 8.94. The van der Waals surface area contributed by atoms with Crippen LogP contribution in [0.3, 0.4) is 0 Å². The van der Waals surface area contributed by atoms with E-state index in [2.05, 4.69) is 5.32 Å². The third-order valence-electron chi connectivity index (χ3n) is 5.09. The molecule has 3 aromatic rings. The van der Waals surface area contributed by atoms with Crippen molar-refractivity contribution in [2.45, 2.75) is 26.4 Å². The maximum atomic E-state index is 13.0. The molecule has 3 aromatic carbocycles. The molecular weight excluding hydrogens is 426 g/mol. The number of amides is 1. The Kier molecular flexibility index (Phi) is 6.64. The number of allylic oxidation sites excluding steroid dienone is 1. The van der Waals surface area contributed by atoms with Gasteiger partial charge in [-0.1, -0.05) is 72.8 Å². The molecular formula is C29H27NO4. The Balaban J connectivity index is 1.60. The number of ether oxygens (including phenoxy) is 2. The van der Waals surface area contributed by atoms with Crippen LogP contribution in [0.4, 0.5) is 0 Å². The van der Waals surface area contributed by atoms with Crippen LogP contribution in [0.1, 0.15) is 37.5 Å². The summed E-state index contributed by atoms with van der Waals surface area (Å²) in [6.07, 6.45) is 1.94. The van der Waals surface area contributed by atoms with E-state index in [0.29, 0.717) is 11.3 Å². The summed E-state index contributed by atoms with van der Waals surface area (Å²) >= 11 is 0. The first-order chi connectivity index (χ1) is 16.3. The Bertz CT molecular complexity index is 1230. The minimum absolute atomic E-state index is 0.131. The average Bonchev–Trinajstić information content (AvgIpc) is 3.14. The highest BCUT2D eigenvalue weighted by molar-refractivity contribution is 6.34. The van der Waals surface area contributed by atoms with Gasteiger partial charge in [-0.2, -0.15) is 0 Å². The first-order valence-electron chi connectivity index (χ1n) is 11.1. The molecule has 1 aliphatic heterocycles. The molecule has 1 heterocycles. The smallest absolute Gasteiger partial charge is 0.344 e. The van der Waals surface area contributed by atoms with Gasteiger partial charge in [0.1, 0.15) is 11.4 Å². The maximum Gasteiger partial charge on any atom is 0.344 e. The van der Waals surface area contributed by atoms with E-state index in [9.17, 15) is 9.59 Å². The van der Waals surface area contributed by atoms with Crippen molar-refractivity contribution in [2.24, 2.45) is 0 Å². The zero-order valence-corrected chi connectivity index (χ0v) is 19.5. The summed E-state index contributed by atoms with van der Waals surface area (Å²) in [6.45, 7) is 5.29. The number of benzene rings is 3. The highest BCUT2D eigenvalue weighted by Gasteiger charge is 2.29. The molecule has 1 amide bonds. The molecule has 5 nitrogen and oxygen atoms in total. The van der Waals surface area contributed by atoms with Gasteiger partial charge in [0.25, 0.3) is 5.91 Å². The summed E-state index contributed by atoms with van der Waals surface area (Å²) in [5, 5.41) is 3.03. The Morgan fingerprint density at radius 2 is 1.38 bits per heavy atom. The van der Waals surface area contributed by atoms with Crippen LogP contribution in [0.5, 0.6) is 5.75 Å². The van der Waals surface area contributed by atoms with Gasteiger partial charge < -0.3 is 14.8 Å². The summed E-state index contributed by atoms with van der Waals surface area (Å²) in [4.78, 5) is 24.9. The van der Waals surface area contributed by atoms with Crippen molar-refractivity contribution >= 4 is 29.1 Å². The fraction of sp³-hybridized carbons (Fsp3) is 0.172. The van der Waals surface area contributed by atoms with Gasteiger partial charge in [0.05, 0.1) is 11.3 Å². The number of carbonyl (C=O) groups excluding carboxylic acids is 2. The lowest BCUT2D eigenvalue weighted by molar-refractivity contribution is -0.157. The van der Waals surface area contributed by atoms with Crippen LogP contribution in [0, 0.1) is 0 Å². The van der Waals surface area contributed by atoms with E-state index < -0.39 is 11.6 Å². The van der Waals surface area contributed by atoms with Crippen LogP contribution in [-0.2, 0) is 14.3 Å². The standard InChI is InChI=1S/C29H27NO4/c1-29(2,3)34-25(31)19-33-23-16-14-20(15-17-23)18-24-26(21-10-6-4-7-11-21)27(28(32)30-24)22-12-8-5-9-13-22/h4-18H,19H2,1-3H3,(H,30,32)/b24-18-. The number of esters is 1. The number of rotatable bonds is 6. The van der Waals surface area contributed by atoms with Crippen LogP contribution in [0.25, 0.3) is 17.2 Å². The first kappa shape index (κ1) is 23.1. The van der Waals surface area contributed by atoms with Crippen molar-refractivity contribution in [1.29, 1.82) is 0 Å². The molecule has 172 valence electrons. The summed E-state index contributed by atoms with van der Waals surface area (Å²) in [5.74, 6) is 0.0133. The van der Waals surface area contributed by atoms with Crippen LogP contribution in [-0.4, -0.2) is 24.1 Å². The molecule has 0 saturated heterocycles. The predicted octanol–water partition coefficient (Wildman–Crippen LogP) is 5.49. The van der Waals surface area contributed by atoms with Crippen molar-refractivity contribution in [3.05, 3.63) is 107 Å². The summed E-state index contributed by atoms with van der Waals surface area (Å²) < 4.78 is 10.8. The third-order valence-corrected chi connectivity index (χ3v) is 5.09. The number of hydrogen-bond donors (Lipinski definition) is 1. The molecule has 0 spiro atoms. The van der Waals surface area contributed by atoms with Gasteiger partial charge in [0.15, 0.2) is 6.61 Å². The van der Waals surface area contributed by atoms with Gasteiger partial charge in [0.2, 0.25) is 0 Å². The Morgan fingerprint density at radius 1 is 0.824 bits per heavy atom. The summed E-state index contributed by atoms with van der Waals surface area (Å²) in [7, 11) is 0. The zero-order valence-electron chi connectivity index (χ0n) is 19.5. The molecule has 0 atom stereocenters. The topological polar surface area (TPSA) is 64.6 Å².